The van der Waals surface area contributed by atoms with Gasteiger partial charge in [0.15, 0.2) is 0 Å². The number of thiophene rings is 1. The summed E-state index contributed by atoms with van der Waals surface area (Å²) >= 11 is 1.82. The fourth-order valence-electron chi connectivity index (χ4n) is 2.78. The van der Waals surface area contributed by atoms with Crippen molar-refractivity contribution in [2.45, 2.75) is 13.3 Å². The van der Waals surface area contributed by atoms with Crippen molar-refractivity contribution in [2.24, 2.45) is 4.99 Å². The Balaban J connectivity index is 1.95. The first-order valence-corrected chi connectivity index (χ1v) is 7.36. The fraction of sp³-hybridized carbons (Fsp3) is 0.188. The van der Waals surface area contributed by atoms with E-state index >= 15 is 0 Å². The van der Waals surface area contributed by atoms with E-state index in [1.165, 1.54) is 31.9 Å². The maximum Gasteiger partial charge on any atom is 0.0984 e. The van der Waals surface area contributed by atoms with Crippen molar-refractivity contribution in [3.8, 4) is 0 Å². The number of aliphatic imine (C=N–C) groups is 1. The summed E-state index contributed by atoms with van der Waals surface area (Å²) in [6.45, 7) is 3.03. The second kappa shape index (κ2) is 4.07. The molecule has 3 aromatic rings. The molecule has 3 heteroatoms. The van der Waals surface area contributed by atoms with Gasteiger partial charge in [-0.1, -0.05) is 18.2 Å². The summed E-state index contributed by atoms with van der Waals surface area (Å²) in [6, 6.07) is 12.9. The van der Waals surface area contributed by atoms with Crippen molar-refractivity contribution >= 4 is 28.0 Å². The Morgan fingerprint density at radius 2 is 2.05 bits per heavy atom. The van der Waals surface area contributed by atoms with E-state index in [1.807, 2.05) is 11.3 Å². The van der Waals surface area contributed by atoms with Crippen molar-refractivity contribution in [3.05, 3.63) is 57.4 Å². The molecule has 19 heavy (non-hydrogen) atoms. The molecule has 3 heterocycles. The largest absolute Gasteiger partial charge is 0.353 e. The fourth-order valence-corrected chi connectivity index (χ4v) is 3.67. The number of fused-ring (bicyclic) bond motifs is 3. The predicted molar refractivity (Wildman–Crippen MR) is 81.6 cm³/mol. The van der Waals surface area contributed by atoms with Crippen LogP contribution in [0.1, 0.15) is 21.0 Å². The number of nitrogens with one attached hydrogen (secondary N) is 1. The third-order valence-electron chi connectivity index (χ3n) is 3.66. The quantitative estimate of drug-likeness (QED) is 0.691. The number of hydrogen-bond donors (Lipinski definition) is 1. The molecule has 0 saturated heterocycles. The van der Waals surface area contributed by atoms with Crippen LogP contribution in [0.2, 0.25) is 0 Å². The summed E-state index contributed by atoms with van der Waals surface area (Å²) < 4.78 is 0. The predicted octanol–water partition coefficient (Wildman–Crippen LogP) is 3.93. The van der Waals surface area contributed by atoms with E-state index in [2.05, 4.69) is 48.3 Å². The molecule has 2 nitrogen and oxygen atoms in total. The van der Waals surface area contributed by atoms with Crippen LogP contribution in [0.3, 0.4) is 0 Å². The highest BCUT2D eigenvalue weighted by Gasteiger charge is 2.21. The molecule has 1 aliphatic heterocycles. The molecule has 0 spiro atoms. The third kappa shape index (κ3) is 1.65. The zero-order valence-electron chi connectivity index (χ0n) is 10.7. The molecule has 0 bridgehead atoms. The molecule has 4 rings (SSSR count). The molecule has 1 aliphatic rings. The monoisotopic (exact) mass is 266 g/mol. The molecule has 0 fully saturated rings. The van der Waals surface area contributed by atoms with Gasteiger partial charge in [0, 0.05) is 22.3 Å². The summed E-state index contributed by atoms with van der Waals surface area (Å²) in [4.78, 5) is 10.9. The van der Waals surface area contributed by atoms with Gasteiger partial charge >= 0.3 is 0 Å². The summed E-state index contributed by atoms with van der Waals surface area (Å²) in [5.74, 6) is 0. The molecule has 2 aromatic heterocycles. The van der Waals surface area contributed by atoms with Gasteiger partial charge in [-0.2, -0.15) is 0 Å². The normalized spacial score (nSPS) is 14.5. The lowest BCUT2D eigenvalue weighted by Crippen LogP contribution is -2.12. The smallest absolute Gasteiger partial charge is 0.0984 e. The molecular formula is C16H14N2S. The maximum atomic E-state index is 4.75. The zero-order valence-corrected chi connectivity index (χ0v) is 11.6. The lowest BCUT2D eigenvalue weighted by molar-refractivity contribution is 0.949. The maximum absolute atomic E-state index is 4.75. The minimum atomic E-state index is 0.890. The lowest BCUT2D eigenvalue weighted by atomic mass is 10.0. The van der Waals surface area contributed by atoms with Crippen LogP contribution in [0.25, 0.3) is 10.9 Å². The molecule has 94 valence electrons. The first kappa shape index (κ1) is 11.0. The van der Waals surface area contributed by atoms with Crippen molar-refractivity contribution in [1.29, 1.82) is 0 Å². The Kier molecular flexibility index (Phi) is 2.35. The van der Waals surface area contributed by atoms with Gasteiger partial charge in [0.2, 0.25) is 0 Å². The van der Waals surface area contributed by atoms with E-state index in [-0.39, 0.29) is 0 Å². The van der Waals surface area contributed by atoms with E-state index in [0.29, 0.717) is 0 Å². The number of rotatable bonds is 1. The molecule has 0 aliphatic carbocycles. The Labute approximate surface area is 115 Å². The summed E-state index contributed by atoms with van der Waals surface area (Å²) in [5.41, 5.74) is 4.99. The van der Waals surface area contributed by atoms with Crippen LogP contribution in [0.15, 0.2) is 41.4 Å². The first-order chi connectivity index (χ1) is 9.33. The van der Waals surface area contributed by atoms with Crippen molar-refractivity contribution in [3.63, 3.8) is 0 Å². The number of aromatic amines is 1. The molecule has 0 radical (unpaired) electrons. The SMILES string of the molecule is Cc1ccc(C2=NCCc3c2[nH]c2ccccc32)s1. The van der Waals surface area contributed by atoms with Gasteiger partial charge in [0.25, 0.3) is 0 Å². The highest BCUT2D eigenvalue weighted by molar-refractivity contribution is 7.14. The van der Waals surface area contributed by atoms with E-state index in [0.717, 1.165) is 18.7 Å². The van der Waals surface area contributed by atoms with Gasteiger partial charge in [-0.15, -0.1) is 11.3 Å². The van der Waals surface area contributed by atoms with Crippen molar-refractivity contribution in [1.82, 2.24) is 4.98 Å². The molecule has 0 saturated carbocycles. The number of para-hydroxylation sites is 1. The average molecular weight is 266 g/mol. The molecule has 0 unspecified atom stereocenters. The van der Waals surface area contributed by atoms with Gasteiger partial charge in [-0.25, -0.2) is 0 Å². The Morgan fingerprint density at radius 3 is 2.89 bits per heavy atom. The van der Waals surface area contributed by atoms with Crippen LogP contribution in [-0.2, 0) is 6.42 Å². The Morgan fingerprint density at radius 1 is 1.16 bits per heavy atom. The minimum Gasteiger partial charge on any atom is -0.353 e. The van der Waals surface area contributed by atoms with Gasteiger partial charge < -0.3 is 4.98 Å². The Bertz CT molecular complexity index is 792. The molecule has 0 amide bonds. The van der Waals surface area contributed by atoms with Gasteiger partial charge in [0.05, 0.1) is 16.3 Å². The van der Waals surface area contributed by atoms with Crippen LogP contribution in [0, 0.1) is 6.92 Å². The highest BCUT2D eigenvalue weighted by Crippen LogP contribution is 2.29. The second-order valence-corrected chi connectivity index (χ2v) is 6.20. The average Bonchev–Trinajstić information content (AvgIpc) is 3.02. The summed E-state index contributed by atoms with van der Waals surface area (Å²) in [5, 5.41) is 1.35. The van der Waals surface area contributed by atoms with Crippen molar-refractivity contribution in [2.75, 3.05) is 6.54 Å². The van der Waals surface area contributed by atoms with Crippen LogP contribution in [0.5, 0.6) is 0 Å². The topological polar surface area (TPSA) is 28.1 Å². The lowest BCUT2D eigenvalue weighted by Gasteiger charge is -2.11. The highest BCUT2D eigenvalue weighted by atomic mass is 32.1. The van der Waals surface area contributed by atoms with E-state index < -0.39 is 0 Å². The van der Waals surface area contributed by atoms with Crippen LogP contribution in [-0.4, -0.2) is 17.2 Å². The second-order valence-electron chi connectivity index (χ2n) is 4.91. The zero-order chi connectivity index (χ0) is 12.8. The Hall–Kier alpha value is -1.87. The molecular weight excluding hydrogens is 252 g/mol. The molecule has 1 aromatic carbocycles. The number of benzene rings is 1. The number of H-pyrrole nitrogens is 1. The summed E-state index contributed by atoms with van der Waals surface area (Å²) in [7, 11) is 0. The molecule has 1 N–H and O–H groups in total. The van der Waals surface area contributed by atoms with E-state index in [1.54, 1.807) is 0 Å². The number of aryl methyl sites for hydroxylation is 1. The third-order valence-corrected chi connectivity index (χ3v) is 4.66. The van der Waals surface area contributed by atoms with E-state index in [4.69, 9.17) is 4.99 Å². The van der Waals surface area contributed by atoms with E-state index in [9.17, 15) is 0 Å². The van der Waals surface area contributed by atoms with Crippen LogP contribution < -0.4 is 0 Å². The number of hydrogen-bond acceptors (Lipinski definition) is 2. The van der Waals surface area contributed by atoms with Gasteiger partial charge in [-0.3, -0.25) is 4.99 Å². The van der Waals surface area contributed by atoms with Crippen LogP contribution in [0.4, 0.5) is 0 Å². The molecule has 0 atom stereocenters. The standard InChI is InChI=1S/C16H14N2S/c1-10-6-7-14(19-10)16-15-12(8-9-17-16)11-4-2-3-5-13(11)18-15/h2-7,18H,8-9H2,1H3. The van der Waals surface area contributed by atoms with Crippen molar-refractivity contribution < 1.29 is 0 Å². The van der Waals surface area contributed by atoms with Gasteiger partial charge in [-0.05, 0) is 37.1 Å². The number of nitrogens with zero attached hydrogens (tertiary/aromatic N) is 1. The minimum absolute atomic E-state index is 0.890. The summed E-state index contributed by atoms with van der Waals surface area (Å²) in [6.07, 6.45) is 1.03. The first-order valence-electron chi connectivity index (χ1n) is 6.54. The van der Waals surface area contributed by atoms with Gasteiger partial charge in [0.1, 0.15) is 0 Å². The number of aromatic nitrogens is 1. The van der Waals surface area contributed by atoms with Crippen LogP contribution >= 0.6 is 11.3 Å².